The molecule has 0 aliphatic heterocycles. The van der Waals surface area contributed by atoms with E-state index in [2.05, 4.69) is 20.6 Å². The number of nitrogens with one attached hydrogen (secondary N) is 3. The Labute approximate surface area is 165 Å². The molecular weight excluding hydrogens is 395 g/mol. The number of esters is 1. The van der Waals surface area contributed by atoms with Crippen molar-refractivity contribution in [3.8, 4) is 0 Å². The van der Waals surface area contributed by atoms with E-state index in [1.165, 1.54) is 18.5 Å². The van der Waals surface area contributed by atoms with Gasteiger partial charge in [-0.2, -0.15) is 0 Å². The first-order valence-electron chi connectivity index (χ1n) is 7.86. The largest absolute Gasteiger partial charge is 0.459 e. The number of rotatable bonds is 5. The van der Waals surface area contributed by atoms with Crippen LogP contribution in [0.25, 0.3) is 0 Å². The molecule has 0 radical (unpaired) electrons. The van der Waals surface area contributed by atoms with Crippen molar-refractivity contribution in [2.24, 2.45) is 0 Å². The minimum atomic E-state index is -0.669. The summed E-state index contributed by atoms with van der Waals surface area (Å²) >= 11 is 11.7. The van der Waals surface area contributed by atoms with E-state index in [4.69, 9.17) is 27.9 Å². The van der Waals surface area contributed by atoms with E-state index in [-0.39, 0.29) is 23.0 Å². The average molecular weight is 413 g/mol. The Morgan fingerprint density at radius 3 is 2.48 bits per heavy atom. The van der Waals surface area contributed by atoms with Crippen molar-refractivity contribution in [1.29, 1.82) is 0 Å². The standard InChI is InChI=1S/C17H18Cl2N4O4/c1-17(2,3)27-12(24)7-20-15(25)13-14(22-8-21-13)16(26)23-9-4-5-10(18)11(19)6-9/h4-6,8H,7H2,1-3H3,(H,20,25)(H,21,22)(H,23,26). The van der Waals surface area contributed by atoms with Gasteiger partial charge in [-0.05, 0) is 39.0 Å². The molecule has 27 heavy (non-hydrogen) atoms. The van der Waals surface area contributed by atoms with Gasteiger partial charge in [-0.25, -0.2) is 4.98 Å². The smallest absolute Gasteiger partial charge is 0.325 e. The molecule has 0 saturated heterocycles. The third kappa shape index (κ3) is 5.97. The Morgan fingerprint density at radius 1 is 1.15 bits per heavy atom. The molecule has 0 saturated carbocycles. The molecule has 0 atom stereocenters. The van der Waals surface area contributed by atoms with Crippen LogP contribution in [0.15, 0.2) is 24.5 Å². The SMILES string of the molecule is CC(C)(C)OC(=O)CNC(=O)c1[nH]cnc1C(=O)Nc1ccc(Cl)c(Cl)c1. The molecule has 0 fully saturated rings. The highest BCUT2D eigenvalue weighted by atomic mass is 35.5. The normalized spacial score (nSPS) is 11.0. The topological polar surface area (TPSA) is 113 Å². The fourth-order valence-corrected chi connectivity index (χ4v) is 2.32. The van der Waals surface area contributed by atoms with Crippen LogP contribution in [0.4, 0.5) is 5.69 Å². The summed E-state index contributed by atoms with van der Waals surface area (Å²) in [4.78, 5) is 42.7. The Hall–Kier alpha value is -2.58. The Balaban J connectivity index is 2.03. The number of aromatic amines is 1. The van der Waals surface area contributed by atoms with Crippen LogP contribution in [0.5, 0.6) is 0 Å². The molecule has 2 amide bonds. The summed E-state index contributed by atoms with van der Waals surface area (Å²) in [6.45, 7) is 4.80. The molecule has 1 aromatic carbocycles. The molecule has 0 unspecified atom stereocenters. The summed E-state index contributed by atoms with van der Waals surface area (Å²) in [6, 6.07) is 4.55. The lowest BCUT2D eigenvalue weighted by Gasteiger charge is -2.19. The summed E-state index contributed by atoms with van der Waals surface area (Å²) < 4.78 is 5.10. The van der Waals surface area contributed by atoms with E-state index in [1.54, 1.807) is 26.8 Å². The highest BCUT2D eigenvalue weighted by Crippen LogP contribution is 2.25. The summed E-state index contributed by atoms with van der Waals surface area (Å²) in [6.07, 6.45) is 1.20. The zero-order chi connectivity index (χ0) is 20.2. The van der Waals surface area contributed by atoms with Gasteiger partial charge in [-0.1, -0.05) is 23.2 Å². The molecule has 2 rings (SSSR count). The van der Waals surface area contributed by atoms with Gasteiger partial charge >= 0.3 is 5.97 Å². The van der Waals surface area contributed by atoms with Gasteiger partial charge in [0, 0.05) is 5.69 Å². The van der Waals surface area contributed by atoms with Gasteiger partial charge in [0.2, 0.25) is 0 Å². The Morgan fingerprint density at radius 2 is 1.85 bits per heavy atom. The summed E-state index contributed by atoms with van der Waals surface area (Å²) in [5.74, 6) is -1.90. The molecule has 2 aromatic rings. The van der Waals surface area contributed by atoms with E-state index in [0.29, 0.717) is 10.7 Å². The van der Waals surface area contributed by atoms with Crippen molar-refractivity contribution in [3.05, 3.63) is 46.0 Å². The third-order valence-corrected chi connectivity index (χ3v) is 3.81. The first kappa shape index (κ1) is 20.7. The van der Waals surface area contributed by atoms with Crippen LogP contribution in [0.3, 0.4) is 0 Å². The average Bonchev–Trinajstić information content (AvgIpc) is 3.04. The maximum Gasteiger partial charge on any atom is 0.325 e. The highest BCUT2D eigenvalue weighted by molar-refractivity contribution is 6.42. The quantitative estimate of drug-likeness (QED) is 0.653. The van der Waals surface area contributed by atoms with Crippen LogP contribution in [-0.2, 0) is 9.53 Å². The van der Waals surface area contributed by atoms with E-state index in [0.717, 1.165) is 0 Å². The summed E-state index contributed by atoms with van der Waals surface area (Å²) in [5, 5.41) is 5.56. The number of carbonyl (C=O) groups is 3. The van der Waals surface area contributed by atoms with Gasteiger partial charge in [0.1, 0.15) is 17.8 Å². The van der Waals surface area contributed by atoms with Crippen molar-refractivity contribution >= 4 is 46.7 Å². The fraction of sp³-hybridized carbons (Fsp3) is 0.294. The Bertz CT molecular complexity index is 874. The van der Waals surface area contributed by atoms with Crippen LogP contribution in [0.1, 0.15) is 41.7 Å². The molecule has 0 spiro atoms. The maximum absolute atomic E-state index is 12.4. The minimum Gasteiger partial charge on any atom is -0.459 e. The predicted molar refractivity (Wildman–Crippen MR) is 101 cm³/mol. The summed E-state index contributed by atoms with van der Waals surface area (Å²) in [5.41, 5.74) is -0.503. The van der Waals surface area contributed by atoms with Gasteiger partial charge in [-0.15, -0.1) is 0 Å². The van der Waals surface area contributed by atoms with Gasteiger partial charge in [0.05, 0.1) is 16.4 Å². The van der Waals surface area contributed by atoms with Gasteiger partial charge < -0.3 is 20.4 Å². The van der Waals surface area contributed by atoms with Crippen molar-refractivity contribution in [3.63, 3.8) is 0 Å². The highest BCUT2D eigenvalue weighted by Gasteiger charge is 2.22. The number of anilines is 1. The second kappa shape index (κ2) is 8.41. The number of aromatic nitrogens is 2. The molecule has 3 N–H and O–H groups in total. The number of benzene rings is 1. The monoisotopic (exact) mass is 412 g/mol. The third-order valence-electron chi connectivity index (χ3n) is 3.07. The number of halogens is 2. The maximum atomic E-state index is 12.4. The molecule has 144 valence electrons. The van der Waals surface area contributed by atoms with E-state index in [9.17, 15) is 14.4 Å². The number of ether oxygens (including phenoxy) is 1. The molecule has 0 aliphatic carbocycles. The number of H-pyrrole nitrogens is 1. The zero-order valence-electron chi connectivity index (χ0n) is 14.9. The minimum absolute atomic E-state index is 0.0869. The van der Waals surface area contributed by atoms with Crippen molar-refractivity contribution in [2.75, 3.05) is 11.9 Å². The molecular formula is C17H18Cl2N4O4. The van der Waals surface area contributed by atoms with E-state index >= 15 is 0 Å². The number of hydrogen-bond donors (Lipinski definition) is 3. The lowest BCUT2D eigenvalue weighted by atomic mass is 10.2. The van der Waals surface area contributed by atoms with Crippen LogP contribution in [-0.4, -0.2) is 39.9 Å². The molecule has 0 bridgehead atoms. The summed E-state index contributed by atoms with van der Waals surface area (Å²) in [7, 11) is 0. The van der Waals surface area contributed by atoms with Crippen LogP contribution < -0.4 is 10.6 Å². The number of nitrogens with zero attached hydrogens (tertiary/aromatic N) is 1. The van der Waals surface area contributed by atoms with E-state index in [1.807, 2.05) is 0 Å². The van der Waals surface area contributed by atoms with Gasteiger partial charge in [-0.3, -0.25) is 14.4 Å². The molecule has 1 heterocycles. The fourth-order valence-electron chi connectivity index (χ4n) is 2.02. The molecule has 0 aliphatic rings. The molecule has 1 aromatic heterocycles. The predicted octanol–water partition coefficient (Wildman–Crippen LogP) is 3.04. The van der Waals surface area contributed by atoms with Gasteiger partial charge in [0.15, 0.2) is 5.69 Å². The second-order valence-corrected chi connectivity index (χ2v) is 7.29. The van der Waals surface area contributed by atoms with E-state index < -0.39 is 23.4 Å². The van der Waals surface area contributed by atoms with Crippen molar-refractivity contribution < 1.29 is 19.1 Å². The molecule has 8 nitrogen and oxygen atoms in total. The Kier molecular flexibility index (Phi) is 6.45. The lowest BCUT2D eigenvalue weighted by molar-refractivity contribution is -0.153. The first-order valence-corrected chi connectivity index (χ1v) is 8.62. The lowest BCUT2D eigenvalue weighted by Crippen LogP contribution is -2.35. The number of imidazole rings is 1. The number of carbonyl (C=O) groups excluding carboxylic acids is 3. The van der Waals surface area contributed by atoms with Crippen LogP contribution >= 0.6 is 23.2 Å². The van der Waals surface area contributed by atoms with Crippen LogP contribution in [0.2, 0.25) is 10.0 Å². The van der Waals surface area contributed by atoms with Gasteiger partial charge in [0.25, 0.3) is 11.8 Å². The van der Waals surface area contributed by atoms with Crippen LogP contribution in [0, 0.1) is 0 Å². The zero-order valence-corrected chi connectivity index (χ0v) is 16.4. The number of amides is 2. The van der Waals surface area contributed by atoms with Crippen molar-refractivity contribution in [2.45, 2.75) is 26.4 Å². The second-order valence-electron chi connectivity index (χ2n) is 6.48. The molecule has 10 heteroatoms. The van der Waals surface area contributed by atoms with Crippen molar-refractivity contribution in [1.82, 2.24) is 15.3 Å². The first-order chi connectivity index (χ1) is 12.6. The number of hydrogen-bond acceptors (Lipinski definition) is 5.